The van der Waals surface area contributed by atoms with Gasteiger partial charge in [-0.05, 0) is 43.2 Å². The van der Waals surface area contributed by atoms with Crippen LogP contribution < -0.4 is 11.2 Å². The molecule has 0 saturated carbocycles. The van der Waals surface area contributed by atoms with Crippen LogP contribution in [0.15, 0.2) is 52.1 Å². The van der Waals surface area contributed by atoms with Crippen molar-refractivity contribution in [2.75, 3.05) is 13.1 Å². The highest BCUT2D eigenvalue weighted by Gasteiger charge is 2.22. The third-order valence-electron chi connectivity index (χ3n) is 5.18. The number of benzene rings is 2. The van der Waals surface area contributed by atoms with Crippen molar-refractivity contribution in [1.29, 1.82) is 0 Å². The van der Waals surface area contributed by atoms with Gasteiger partial charge in [0.2, 0.25) is 5.91 Å². The van der Waals surface area contributed by atoms with E-state index in [-0.39, 0.29) is 34.7 Å². The molecule has 0 radical (unpaired) electrons. The fourth-order valence-corrected chi connectivity index (χ4v) is 3.81. The quantitative estimate of drug-likeness (QED) is 0.468. The number of hydrogen-bond donors (Lipinski definition) is 0. The van der Waals surface area contributed by atoms with Gasteiger partial charge in [-0.1, -0.05) is 11.6 Å². The Bertz CT molecular complexity index is 1270. The number of carbonyl (C=O) groups excluding carboxylic acids is 1. The summed E-state index contributed by atoms with van der Waals surface area (Å²) in [5.74, 6) is -0.218. The molecule has 0 bridgehead atoms. The lowest BCUT2D eigenvalue weighted by Gasteiger charge is -2.18. The number of halogens is 1. The van der Waals surface area contributed by atoms with Gasteiger partial charge in [0, 0.05) is 30.2 Å². The van der Waals surface area contributed by atoms with Crippen LogP contribution in [0.4, 0.5) is 5.69 Å². The fourth-order valence-electron chi connectivity index (χ4n) is 3.65. The van der Waals surface area contributed by atoms with Crippen LogP contribution >= 0.6 is 11.6 Å². The average molecular weight is 429 g/mol. The number of amides is 1. The summed E-state index contributed by atoms with van der Waals surface area (Å²) >= 11 is 6.08. The summed E-state index contributed by atoms with van der Waals surface area (Å²) in [6.45, 7) is 1.03. The van der Waals surface area contributed by atoms with Gasteiger partial charge >= 0.3 is 5.69 Å². The van der Waals surface area contributed by atoms with Crippen LogP contribution in [-0.4, -0.2) is 38.0 Å². The zero-order chi connectivity index (χ0) is 21.4. The molecule has 0 atom stereocenters. The number of hydrogen-bond acceptors (Lipinski definition) is 5. The first-order chi connectivity index (χ1) is 14.4. The second-order valence-corrected chi connectivity index (χ2v) is 7.47. The van der Waals surface area contributed by atoms with Gasteiger partial charge in [0.05, 0.1) is 21.5 Å². The lowest BCUT2D eigenvalue weighted by atomic mass is 10.2. The Labute approximate surface area is 174 Å². The van der Waals surface area contributed by atoms with E-state index in [0.717, 1.165) is 17.4 Å². The van der Waals surface area contributed by atoms with Gasteiger partial charge in [-0.3, -0.25) is 24.3 Å². The Morgan fingerprint density at radius 2 is 1.73 bits per heavy atom. The number of aromatic nitrogens is 2. The highest BCUT2D eigenvalue weighted by atomic mass is 35.5. The van der Waals surface area contributed by atoms with E-state index in [1.807, 2.05) is 0 Å². The van der Waals surface area contributed by atoms with E-state index in [1.165, 1.54) is 47.0 Å². The van der Waals surface area contributed by atoms with Gasteiger partial charge in [0.25, 0.3) is 11.2 Å². The van der Waals surface area contributed by atoms with Crippen molar-refractivity contribution < 1.29 is 9.72 Å². The standard InChI is InChI=1S/C20H17ClN4O5/c21-13-3-8-16-17(11-13)23(12-18(26)22-9-1-2-10-22)20(28)24(19(16)27)14-4-6-15(7-5-14)25(29)30/h3-8,11H,1-2,9-10,12H2. The molecule has 1 aliphatic heterocycles. The molecule has 0 spiro atoms. The monoisotopic (exact) mass is 428 g/mol. The Morgan fingerprint density at radius 3 is 2.37 bits per heavy atom. The molecule has 1 saturated heterocycles. The molecular weight excluding hydrogens is 412 g/mol. The topological polar surface area (TPSA) is 107 Å². The lowest BCUT2D eigenvalue weighted by molar-refractivity contribution is -0.384. The molecule has 1 aliphatic rings. The van der Waals surface area contributed by atoms with E-state index in [2.05, 4.69) is 0 Å². The molecule has 1 fully saturated rings. The van der Waals surface area contributed by atoms with Gasteiger partial charge < -0.3 is 4.90 Å². The number of non-ortho nitro benzene ring substituents is 1. The zero-order valence-electron chi connectivity index (χ0n) is 15.8. The van der Waals surface area contributed by atoms with E-state index in [4.69, 9.17) is 11.6 Å². The zero-order valence-corrected chi connectivity index (χ0v) is 16.5. The maximum Gasteiger partial charge on any atom is 0.336 e. The minimum Gasteiger partial charge on any atom is -0.341 e. The number of nitrogens with zero attached hydrogens (tertiary/aromatic N) is 4. The number of nitro groups is 1. The van der Waals surface area contributed by atoms with Gasteiger partial charge in [0.15, 0.2) is 0 Å². The first-order valence-electron chi connectivity index (χ1n) is 9.34. The van der Waals surface area contributed by atoms with Gasteiger partial charge in [-0.2, -0.15) is 0 Å². The smallest absolute Gasteiger partial charge is 0.336 e. The molecule has 1 amide bonds. The van der Waals surface area contributed by atoms with Gasteiger partial charge in [0.1, 0.15) is 6.54 Å². The van der Waals surface area contributed by atoms with Gasteiger partial charge in [-0.25, -0.2) is 9.36 Å². The van der Waals surface area contributed by atoms with Crippen LogP contribution in [-0.2, 0) is 11.3 Å². The number of nitro benzene ring substituents is 1. The molecule has 3 aromatic rings. The van der Waals surface area contributed by atoms with Crippen LogP contribution in [0.3, 0.4) is 0 Å². The first kappa shape index (κ1) is 19.8. The van der Waals surface area contributed by atoms with E-state index in [1.54, 1.807) is 4.90 Å². The van der Waals surface area contributed by atoms with Crippen LogP contribution in [0.5, 0.6) is 0 Å². The second-order valence-electron chi connectivity index (χ2n) is 7.03. The van der Waals surface area contributed by atoms with Gasteiger partial charge in [-0.15, -0.1) is 0 Å². The average Bonchev–Trinajstić information content (AvgIpc) is 3.26. The SMILES string of the molecule is O=C(Cn1c(=O)n(-c2ccc([N+](=O)[O-])cc2)c(=O)c2ccc(Cl)cc21)N1CCCC1. The number of likely N-dealkylation sites (tertiary alicyclic amines) is 1. The van der Waals surface area contributed by atoms with Crippen molar-refractivity contribution in [3.63, 3.8) is 0 Å². The maximum atomic E-state index is 13.3. The summed E-state index contributed by atoms with van der Waals surface area (Å²) in [7, 11) is 0. The minimum absolute atomic E-state index is 0.163. The van der Waals surface area contributed by atoms with Crippen LogP contribution in [0.25, 0.3) is 16.6 Å². The Kier molecular flexibility index (Phi) is 5.13. The molecule has 4 rings (SSSR count). The Balaban J connectivity index is 1.92. The van der Waals surface area contributed by atoms with Crippen molar-refractivity contribution >= 4 is 34.1 Å². The fraction of sp³-hybridized carbons (Fsp3) is 0.250. The molecule has 0 unspecified atom stereocenters. The molecule has 1 aromatic heterocycles. The predicted molar refractivity (Wildman–Crippen MR) is 111 cm³/mol. The highest BCUT2D eigenvalue weighted by molar-refractivity contribution is 6.31. The third-order valence-corrected chi connectivity index (χ3v) is 5.41. The molecule has 30 heavy (non-hydrogen) atoms. The maximum absolute atomic E-state index is 13.3. The predicted octanol–water partition coefficient (Wildman–Crippen LogP) is 2.34. The summed E-state index contributed by atoms with van der Waals surface area (Å²) in [6.07, 6.45) is 1.82. The molecule has 0 aliphatic carbocycles. The summed E-state index contributed by atoms with van der Waals surface area (Å²) in [4.78, 5) is 51.1. The van der Waals surface area contributed by atoms with E-state index < -0.39 is 16.2 Å². The van der Waals surface area contributed by atoms with E-state index in [9.17, 15) is 24.5 Å². The largest absolute Gasteiger partial charge is 0.341 e. The molecule has 10 heteroatoms. The van der Waals surface area contributed by atoms with Crippen molar-refractivity contribution in [3.05, 3.63) is 78.4 Å². The van der Waals surface area contributed by atoms with Crippen LogP contribution in [0, 0.1) is 10.1 Å². The minimum atomic E-state index is -0.712. The van der Waals surface area contributed by atoms with E-state index in [0.29, 0.717) is 18.1 Å². The molecule has 2 aromatic carbocycles. The number of rotatable bonds is 4. The van der Waals surface area contributed by atoms with Crippen LogP contribution in [0.1, 0.15) is 12.8 Å². The van der Waals surface area contributed by atoms with Crippen LogP contribution in [0.2, 0.25) is 5.02 Å². The van der Waals surface area contributed by atoms with Crippen molar-refractivity contribution in [2.24, 2.45) is 0 Å². The Hall–Kier alpha value is -3.46. The number of fused-ring (bicyclic) bond motifs is 1. The molecule has 0 N–H and O–H groups in total. The van der Waals surface area contributed by atoms with Crippen molar-refractivity contribution in [1.82, 2.24) is 14.0 Å². The lowest BCUT2D eigenvalue weighted by Crippen LogP contribution is -2.42. The van der Waals surface area contributed by atoms with E-state index >= 15 is 0 Å². The molecular formula is C20H17ClN4O5. The molecule has 154 valence electrons. The summed E-state index contributed by atoms with van der Waals surface area (Å²) < 4.78 is 2.14. The Morgan fingerprint density at radius 1 is 1.07 bits per heavy atom. The first-order valence-corrected chi connectivity index (χ1v) is 9.72. The highest BCUT2D eigenvalue weighted by Crippen LogP contribution is 2.18. The van der Waals surface area contributed by atoms with Crippen molar-refractivity contribution in [3.8, 4) is 5.69 Å². The molecule has 9 nitrogen and oxygen atoms in total. The second kappa shape index (κ2) is 7.75. The third kappa shape index (κ3) is 3.48. The summed E-state index contributed by atoms with van der Waals surface area (Å²) in [5, 5.41) is 11.5. The number of carbonyl (C=O) groups is 1. The van der Waals surface area contributed by atoms with Crippen molar-refractivity contribution in [2.45, 2.75) is 19.4 Å². The summed E-state index contributed by atoms with van der Waals surface area (Å²) in [5.41, 5.74) is -1.02. The normalized spacial score (nSPS) is 13.7. The summed E-state index contributed by atoms with van der Waals surface area (Å²) in [6, 6.07) is 9.60. The molecule has 2 heterocycles.